The molecule has 0 aliphatic rings. The highest BCUT2D eigenvalue weighted by molar-refractivity contribution is 6.32. The number of benzene rings is 1. The van der Waals surface area contributed by atoms with E-state index in [9.17, 15) is 14.9 Å². The third-order valence-electron chi connectivity index (χ3n) is 2.35. The van der Waals surface area contributed by atoms with Crippen LogP contribution in [0.3, 0.4) is 0 Å². The molecular formula is C12H7Cl2N3O3. The molecule has 0 fully saturated rings. The van der Waals surface area contributed by atoms with Crippen LogP contribution in [-0.4, -0.2) is 15.8 Å². The largest absolute Gasteiger partial charge is 0.320 e. The molecule has 0 unspecified atom stereocenters. The average molecular weight is 312 g/mol. The van der Waals surface area contributed by atoms with Crippen LogP contribution < -0.4 is 5.32 Å². The molecule has 20 heavy (non-hydrogen) atoms. The van der Waals surface area contributed by atoms with Crippen LogP contribution in [-0.2, 0) is 0 Å². The van der Waals surface area contributed by atoms with E-state index in [0.717, 1.165) is 0 Å². The van der Waals surface area contributed by atoms with Crippen molar-refractivity contribution in [1.82, 2.24) is 4.98 Å². The minimum absolute atomic E-state index is 0.00567. The number of anilines is 1. The first kappa shape index (κ1) is 14.2. The van der Waals surface area contributed by atoms with Gasteiger partial charge in [0, 0.05) is 11.8 Å². The highest BCUT2D eigenvalue weighted by Crippen LogP contribution is 2.27. The summed E-state index contributed by atoms with van der Waals surface area (Å²) in [6, 6.07) is 8.55. The highest BCUT2D eigenvalue weighted by atomic mass is 35.5. The standard InChI is InChI=1S/C12H7Cl2N3O3/c13-8-5-4-7(6-10(8)17(19)20)15-12(18)9-2-1-3-11(14)16-9/h1-6H,(H,15,18). The molecule has 0 saturated heterocycles. The van der Waals surface area contributed by atoms with Crippen LogP contribution in [0.4, 0.5) is 11.4 Å². The van der Waals surface area contributed by atoms with Crippen LogP contribution >= 0.6 is 23.2 Å². The Hall–Kier alpha value is -2.18. The molecule has 1 amide bonds. The third kappa shape index (κ3) is 3.23. The lowest BCUT2D eigenvalue weighted by Crippen LogP contribution is -2.13. The first-order valence-electron chi connectivity index (χ1n) is 5.35. The maximum absolute atomic E-state index is 11.9. The van der Waals surface area contributed by atoms with Crippen LogP contribution in [0.5, 0.6) is 0 Å². The second kappa shape index (κ2) is 5.85. The third-order valence-corrected chi connectivity index (χ3v) is 2.88. The Labute approximate surface area is 123 Å². The first-order valence-corrected chi connectivity index (χ1v) is 6.11. The Morgan fingerprint density at radius 1 is 1.25 bits per heavy atom. The summed E-state index contributed by atoms with van der Waals surface area (Å²) < 4.78 is 0. The summed E-state index contributed by atoms with van der Waals surface area (Å²) in [5, 5.41) is 13.4. The quantitative estimate of drug-likeness (QED) is 0.533. The predicted molar refractivity (Wildman–Crippen MR) is 75.3 cm³/mol. The lowest BCUT2D eigenvalue weighted by atomic mass is 10.2. The Bertz CT molecular complexity index is 691. The van der Waals surface area contributed by atoms with Crippen LogP contribution in [0.25, 0.3) is 0 Å². The van der Waals surface area contributed by atoms with Gasteiger partial charge in [-0.2, -0.15) is 0 Å². The van der Waals surface area contributed by atoms with Crippen molar-refractivity contribution in [2.24, 2.45) is 0 Å². The Balaban J connectivity index is 2.24. The van der Waals surface area contributed by atoms with Crippen molar-refractivity contribution in [3.63, 3.8) is 0 Å². The summed E-state index contributed by atoms with van der Waals surface area (Å²) in [5.41, 5.74) is 0.0616. The fourth-order valence-electron chi connectivity index (χ4n) is 1.46. The summed E-state index contributed by atoms with van der Waals surface area (Å²) in [5.74, 6) is -0.524. The SMILES string of the molecule is O=C(Nc1ccc(Cl)c([N+](=O)[O-])c1)c1cccc(Cl)n1. The molecule has 0 aliphatic carbocycles. The molecule has 0 radical (unpaired) electrons. The predicted octanol–water partition coefficient (Wildman–Crippen LogP) is 3.55. The number of nitrogens with one attached hydrogen (secondary N) is 1. The molecule has 0 saturated carbocycles. The summed E-state index contributed by atoms with van der Waals surface area (Å²) >= 11 is 11.4. The van der Waals surface area contributed by atoms with Crippen molar-refractivity contribution in [3.05, 3.63) is 62.4 Å². The number of nitro groups is 1. The summed E-state index contributed by atoms with van der Waals surface area (Å²) in [4.78, 5) is 25.9. The normalized spacial score (nSPS) is 10.1. The van der Waals surface area contributed by atoms with Gasteiger partial charge in [-0.1, -0.05) is 29.3 Å². The molecule has 0 aliphatic heterocycles. The van der Waals surface area contributed by atoms with E-state index in [2.05, 4.69) is 10.3 Å². The van der Waals surface area contributed by atoms with Gasteiger partial charge in [-0.05, 0) is 24.3 Å². The molecule has 0 atom stereocenters. The Kier molecular flexibility index (Phi) is 4.16. The van der Waals surface area contributed by atoms with Gasteiger partial charge in [-0.25, -0.2) is 4.98 Å². The van der Waals surface area contributed by atoms with E-state index in [1.54, 1.807) is 6.07 Å². The zero-order chi connectivity index (χ0) is 14.7. The number of nitro benzene ring substituents is 1. The number of amides is 1. The maximum Gasteiger partial charge on any atom is 0.289 e. The number of carbonyl (C=O) groups is 1. The van der Waals surface area contributed by atoms with Gasteiger partial charge in [-0.3, -0.25) is 14.9 Å². The van der Waals surface area contributed by atoms with Crippen molar-refractivity contribution in [2.75, 3.05) is 5.32 Å². The lowest BCUT2D eigenvalue weighted by Gasteiger charge is -2.05. The molecule has 6 nitrogen and oxygen atoms in total. The van der Waals surface area contributed by atoms with Gasteiger partial charge in [0.2, 0.25) is 0 Å². The number of rotatable bonds is 3. The Morgan fingerprint density at radius 2 is 2.00 bits per heavy atom. The van der Waals surface area contributed by atoms with Crippen LogP contribution in [0.1, 0.15) is 10.5 Å². The van der Waals surface area contributed by atoms with E-state index in [1.807, 2.05) is 0 Å². The molecule has 1 N–H and O–H groups in total. The first-order chi connectivity index (χ1) is 9.47. The van der Waals surface area contributed by atoms with Crippen molar-refractivity contribution in [2.45, 2.75) is 0 Å². The molecule has 0 spiro atoms. The number of hydrogen-bond donors (Lipinski definition) is 1. The van der Waals surface area contributed by atoms with Gasteiger partial charge in [0.25, 0.3) is 11.6 Å². The zero-order valence-corrected chi connectivity index (χ0v) is 11.4. The van der Waals surface area contributed by atoms with E-state index >= 15 is 0 Å². The molecule has 1 heterocycles. The number of nitrogens with zero attached hydrogens (tertiary/aromatic N) is 2. The lowest BCUT2D eigenvalue weighted by molar-refractivity contribution is -0.384. The maximum atomic E-state index is 11.9. The van der Waals surface area contributed by atoms with Crippen molar-refractivity contribution in [3.8, 4) is 0 Å². The van der Waals surface area contributed by atoms with Crippen LogP contribution in [0, 0.1) is 10.1 Å². The second-order valence-electron chi connectivity index (χ2n) is 3.72. The fourth-order valence-corrected chi connectivity index (χ4v) is 1.81. The number of hydrogen-bond acceptors (Lipinski definition) is 4. The second-order valence-corrected chi connectivity index (χ2v) is 4.52. The molecule has 8 heteroatoms. The molecule has 102 valence electrons. The zero-order valence-electron chi connectivity index (χ0n) is 9.84. The molecular weight excluding hydrogens is 305 g/mol. The molecule has 1 aromatic carbocycles. The fraction of sp³-hybridized carbons (Fsp3) is 0. The number of halogens is 2. The van der Waals surface area contributed by atoms with Gasteiger partial charge in [-0.15, -0.1) is 0 Å². The minimum Gasteiger partial charge on any atom is -0.320 e. The average Bonchev–Trinajstić information content (AvgIpc) is 2.40. The van der Waals surface area contributed by atoms with Gasteiger partial charge in [0.15, 0.2) is 0 Å². The van der Waals surface area contributed by atoms with E-state index in [-0.39, 0.29) is 27.2 Å². The molecule has 2 rings (SSSR count). The van der Waals surface area contributed by atoms with Crippen molar-refractivity contribution in [1.29, 1.82) is 0 Å². The molecule has 2 aromatic rings. The van der Waals surface area contributed by atoms with Gasteiger partial charge in [0.05, 0.1) is 4.92 Å². The molecule has 0 bridgehead atoms. The van der Waals surface area contributed by atoms with E-state index in [0.29, 0.717) is 0 Å². The van der Waals surface area contributed by atoms with Crippen LogP contribution in [0.15, 0.2) is 36.4 Å². The van der Waals surface area contributed by atoms with Crippen molar-refractivity contribution >= 4 is 40.5 Å². The van der Waals surface area contributed by atoms with Crippen molar-refractivity contribution < 1.29 is 9.72 Å². The van der Waals surface area contributed by atoms with E-state index in [4.69, 9.17) is 23.2 Å². The van der Waals surface area contributed by atoms with E-state index in [1.165, 1.54) is 30.3 Å². The minimum atomic E-state index is -0.629. The topological polar surface area (TPSA) is 85.1 Å². The summed E-state index contributed by atoms with van der Waals surface area (Å²) in [7, 11) is 0. The van der Waals surface area contributed by atoms with Crippen LogP contribution in [0.2, 0.25) is 10.2 Å². The van der Waals surface area contributed by atoms with E-state index < -0.39 is 10.8 Å². The summed E-state index contributed by atoms with van der Waals surface area (Å²) in [6.07, 6.45) is 0. The van der Waals surface area contributed by atoms with Gasteiger partial charge < -0.3 is 5.32 Å². The summed E-state index contributed by atoms with van der Waals surface area (Å²) in [6.45, 7) is 0. The number of pyridine rings is 1. The smallest absolute Gasteiger partial charge is 0.289 e. The number of carbonyl (C=O) groups excluding carboxylic acids is 1. The number of aromatic nitrogens is 1. The highest BCUT2D eigenvalue weighted by Gasteiger charge is 2.15. The monoisotopic (exact) mass is 311 g/mol. The molecule has 1 aromatic heterocycles. The van der Waals surface area contributed by atoms with Gasteiger partial charge >= 0.3 is 0 Å². The Morgan fingerprint density at radius 3 is 2.65 bits per heavy atom. The van der Waals surface area contributed by atoms with Gasteiger partial charge in [0.1, 0.15) is 15.9 Å².